The summed E-state index contributed by atoms with van der Waals surface area (Å²) in [5.41, 5.74) is 1.03. The molecule has 1 fully saturated rings. The van der Waals surface area contributed by atoms with Crippen molar-refractivity contribution in [1.29, 1.82) is 0 Å². The van der Waals surface area contributed by atoms with Gasteiger partial charge in [-0.3, -0.25) is 4.79 Å². The molecule has 0 unspecified atom stereocenters. The Morgan fingerprint density at radius 3 is 2.50 bits per heavy atom. The Balaban J connectivity index is 1.86. The van der Waals surface area contributed by atoms with Gasteiger partial charge in [0.05, 0.1) is 6.42 Å². The maximum absolute atomic E-state index is 12.4. The molecule has 122 valence electrons. The molecule has 0 spiro atoms. The van der Waals surface area contributed by atoms with Crippen molar-refractivity contribution in [2.24, 2.45) is 7.05 Å². The molecule has 22 heavy (non-hydrogen) atoms. The fourth-order valence-electron chi connectivity index (χ4n) is 2.66. The minimum Gasteiger partial charge on any atom is -0.357 e. The molecule has 1 aromatic heterocycles. The third kappa shape index (κ3) is 4.51. The average molecular weight is 306 g/mol. The SMILES string of the molecule is CC(C)NC(=O)N1CCCN(C(=O)Cc2ccn(C)c2)CC1. The molecule has 0 aromatic carbocycles. The Bertz CT molecular complexity index is 524. The second-order valence-electron chi connectivity index (χ2n) is 6.19. The number of nitrogens with zero attached hydrogens (tertiary/aromatic N) is 3. The van der Waals surface area contributed by atoms with E-state index in [4.69, 9.17) is 0 Å². The molecule has 0 bridgehead atoms. The van der Waals surface area contributed by atoms with Gasteiger partial charge in [-0.2, -0.15) is 0 Å². The van der Waals surface area contributed by atoms with Gasteiger partial charge in [0, 0.05) is 51.7 Å². The van der Waals surface area contributed by atoms with Crippen molar-refractivity contribution < 1.29 is 9.59 Å². The van der Waals surface area contributed by atoms with Crippen LogP contribution in [0.15, 0.2) is 18.5 Å². The highest BCUT2D eigenvalue weighted by Crippen LogP contribution is 2.08. The molecular formula is C16H26N4O2. The highest BCUT2D eigenvalue weighted by Gasteiger charge is 2.22. The first-order valence-electron chi connectivity index (χ1n) is 7.90. The molecule has 1 aromatic rings. The molecule has 1 aliphatic heterocycles. The predicted molar refractivity (Wildman–Crippen MR) is 85.6 cm³/mol. The number of hydrogen-bond acceptors (Lipinski definition) is 2. The Hall–Kier alpha value is -1.98. The van der Waals surface area contributed by atoms with Gasteiger partial charge in [0.1, 0.15) is 0 Å². The number of urea groups is 1. The van der Waals surface area contributed by atoms with Crippen LogP contribution in [0, 0.1) is 0 Å². The van der Waals surface area contributed by atoms with Crippen LogP contribution in [-0.4, -0.2) is 58.5 Å². The Morgan fingerprint density at radius 2 is 1.86 bits per heavy atom. The fraction of sp³-hybridized carbons (Fsp3) is 0.625. The molecule has 0 aliphatic carbocycles. The van der Waals surface area contributed by atoms with E-state index in [9.17, 15) is 9.59 Å². The van der Waals surface area contributed by atoms with Crippen molar-refractivity contribution in [3.05, 3.63) is 24.0 Å². The van der Waals surface area contributed by atoms with Crippen molar-refractivity contribution >= 4 is 11.9 Å². The van der Waals surface area contributed by atoms with Gasteiger partial charge in [-0.25, -0.2) is 4.79 Å². The highest BCUT2D eigenvalue weighted by molar-refractivity contribution is 5.79. The number of carbonyl (C=O) groups is 2. The van der Waals surface area contributed by atoms with Gasteiger partial charge < -0.3 is 19.7 Å². The van der Waals surface area contributed by atoms with Gasteiger partial charge in [0.2, 0.25) is 5.91 Å². The number of aromatic nitrogens is 1. The lowest BCUT2D eigenvalue weighted by molar-refractivity contribution is -0.130. The Kier molecular flexibility index (Phi) is 5.46. The Morgan fingerprint density at radius 1 is 1.18 bits per heavy atom. The highest BCUT2D eigenvalue weighted by atomic mass is 16.2. The number of nitrogens with one attached hydrogen (secondary N) is 1. The van der Waals surface area contributed by atoms with Crippen molar-refractivity contribution in [1.82, 2.24) is 19.7 Å². The summed E-state index contributed by atoms with van der Waals surface area (Å²) in [6, 6.07) is 2.07. The van der Waals surface area contributed by atoms with Gasteiger partial charge in [-0.1, -0.05) is 0 Å². The first-order chi connectivity index (χ1) is 10.5. The lowest BCUT2D eigenvalue weighted by atomic mass is 10.2. The van der Waals surface area contributed by atoms with Crippen LogP contribution in [0.4, 0.5) is 4.79 Å². The molecule has 1 aliphatic rings. The van der Waals surface area contributed by atoms with Crippen molar-refractivity contribution in [3.63, 3.8) is 0 Å². The second kappa shape index (κ2) is 7.33. The monoisotopic (exact) mass is 306 g/mol. The summed E-state index contributed by atoms with van der Waals surface area (Å²) in [6.07, 6.45) is 5.17. The quantitative estimate of drug-likeness (QED) is 0.913. The van der Waals surface area contributed by atoms with E-state index in [0.29, 0.717) is 26.1 Å². The topological polar surface area (TPSA) is 57.6 Å². The van der Waals surface area contributed by atoms with Crippen LogP contribution in [0.5, 0.6) is 0 Å². The third-order valence-electron chi connectivity index (χ3n) is 3.80. The zero-order valence-corrected chi connectivity index (χ0v) is 13.7. The largest absolute Gasteiger partial charge is 0.357 e. The van der Waals surface area contributed by atoms with Crippen LogP contribution in [-0.2, 0) is 18.3 Å². The molecule has 3 amide bonds. The van der Waals surface area contributed by atoms with E-state index in [2.05, 4.69) is 5.32 Å². The minimum absolute atomic E-state index is 0.0349. The number of hydrogen-bond donors (Lipinski definition) is 1. The van der Waals surface area contributed by atoms with Crippen LogP contribution in [0.25, 0.3) is 0 Å². The third-order valence-corrected chi connectivity index (χ3v) is 3.80. The van der Waals surface area contributed by atoms with Crippen LogP contribution in [0.3, 0.4) is 0 Å². The van der Waals surface area contributed by atoms with Crippen LogP contribution in [0.1, 0.15) is 25.8 Å². The van der Waals surface area contributed by atoms with Crippen molar-refractivity contribution in [2.45, 2.75) is 32.7 Å². The summed E-state index contributed by atoms with van der Waals surface area (Å²) in [7, 11) is 1.95. The van der Waals surface area contributed by atoms with Gasteiger partial charge in [-0.05, 0) is 31.9 Å². The van der Waals surface area contributed by atoms with E-state index in [1.54, 1.807) is 4.90 Å². The predicted octanol–water partition coefficient (Wildman–Crippen LogP) is 1.22. The summed E-state index contributed by atoms with van der Waals surface area (Å²) in [6.45, 7) is 6.53. The molecule has 2 rings (SSSR count). The molecule has 0 saturated carbocycles. The minimum atomic E-state index is -0.0349. The van der Waals surface area contributed by atoms with E-state index in [1.165, 1.54) is 0 Å². The summed E-state index contributed by atoms with van der Waals surface area (Å²) in [5, 5.41) is 2.91. The molecule has 1 saturated heterocycles. The number of amides is 3. The summed E-state index contributed by atoms with van der Waals surface area (Å²) >= 11 is 0. The summed E-state index contributed by atoms with van der Waals surface area (Å²) in [5.74, 6) is 0.136. The molecule has 0 radical (unpaired) electrons. The van der Waals surface area contributed by atoms with Crippen LogP contribution < -0.4 is 5.32 Å². The maximum atomic E-state index is 12.4. The van der Waals surface area contributed by atoms with E-state index in [-0.39, 0.29) is 18.0 Å². The van der Waals surface area contributed by atoms with E-state index in [1.807, 2.05) is 48.8 Å². The molecule has 0 atom stereocenters. The zero-order chi connectivity index (χ0) is 16.1. The zero-order valence-electron chi connectivity index (χ0n) is 13.7. The van der Waals surface area contributed by atoms with Crippen molar-refractivity contribution in [2.75, 3.05) is 26.2 Å². The van der Waals surface area contributed by atoms with Gasteiger partial charge in [0.15, 0.2) is 0 Å². The number of aryl methyl sites for hydroxylation is 1. The van der Waals surface area contributed by atoms with Crippen molar-refractivity contribution in [3.8, 4) is 0 Å². The molecular weight excluding hydrogens is 280 g/mol. The summed E-state index contributed by atoms with van der Waals surface area (Å²) in [4.78, 5) is 28.1. The molecule has 6 nitrogen and oxygen atoms in total. The molecule has 6 heteroatoms. The van der Waals surface area contributed by atoms with Crippen LogP contribution in [0.2, 0.25) is 0 Å². The maximum Gasteiger partial charge on any atom is 0.317 e. The summed E-state index contributed by atoms with van der Waals surface area (Å²) < 4.78 is 1.95. The standard InChI is InChI=1S/C16H26N4O2/c1-13(2)17-16(22)20-7-4-6-19(9-10-20)15(21)11-14-5-8-18(3)12-14/h5,8,12-13H,4,6-7,9-11H2,1-3H3,(H,17,22). The molecule has 1 N–H and O–H groups in total. The van der Waals surface area contributed by atoms with Gasteiger partial charge >= 0.3 is 6.03 Å². The number of rotatable bonds is 3. The van der Waals surface area contributed by atoms with Crippen LogP contribution >= 0.6 is 0 Å². The average Bonchev–Trinajstić information content (AvgIpc) is 2.72. The fourth-order valence-corrected chi connectivity index (χ4v) is 2.66. The smallest absolute Gasteiger partial charge is 0.317 e. The van der Waals surface area contributed by atoms with E-state index >= 15 is 0 Å². The first-order valence-corrected chi connectivity index (χ1v) is 7.90. The lowest BCUT2D eigenvalue weighted by Gasteiger charge is -2.23. The van der Waals surface area contributed by atoms with Gasteiger partial charge in [-0.15, -0.1) is 0 Å². The number of carbonyl (C=O) groups excluding carboxylic acids is 2. The lowest BCUT2D eigenvalue weighted by Crippen LogP contribution is -2.45. The normalized spacial score (nSPS) is 15.8. The van der Waals surface area contributed by atoms with Gasteiger partial charge in [0.25, 0.3) is 0 Å². The molecule has 2 heterocycles. The first kappa shape index (κ1) is 16.4. The van der Waals surface area contributed by atoms with E-state index < -0.39 is 0 Å². The second-order valence-corrected chi connectivity index (χ2v) is 6.19. The Labute approximate surface area is 132 Å². The van der Waals surface area contributed by atoms with E-state index in [0.717, 1.165) is 18.5 Å².